The van der Waals surface area contributed by atoms with Crippen molar-refractivity contribution in [1.82, 2.24) is 4.98 Å². The second kappa shape index (κ2) is 4.36. The zero-order valence-corrected chi connectivity index (χ0v) is 9.31. The van der Waals surface area contributed by atoms with E-state index in [1.807, 2.05) is 22.6 Å². The molecule has 0 saturated heterocycles. The molecule has 6 heteroatoms. The van der Waals surface area contributed by atoms with Crippen molar-refractivity contribution >= 4 is 40.0 Å². The fraction of sp³-hybridized carbons (Fsp3) is 0.286. The standard InChI is InChI=1S/C7H6ClF2IN2/c8-1-3-4(11)2-13-7(12)5(3)6(9)10/h2,6H,1H2,(H2,12,13). The molecule has 1 rings (SSSR count). The molecule has 1 aromatic heterocycles. The SMILES string of the molecule is Nc1ncc(I)c(CCl)c1C(F)F. The summed E-state index contributed by atoms with van der Waals surface area (Å²) in [4.78, 5) is 3.64. The first-order chi connectivity index (χ1) is 6.07. The Labute approximate surface area is 92.6 Å². The number of pyridine rings is 1. The summed E-state index contributed by atoms with van der Waals surface area (Å²) >= 11 is 7.43. The van der Waals surface area contributed by atoms with E-state index in [2.05, 4.69) is 4.98 Å². The minimum Gasteiger partial charge on any atom is -0.383 e. The van der Waals surface area contributed by atoms with Gasteiger partial charge in [0.25, 0.3) is 6.43 Å². The predicted octanol–water partition coefficient (Wildman–Crippen LogP) is 2.94. The molecule has 0 unspecified atom stereocenters. The fourth-order valence-corrected chi connectivity index (χ4v) is 2.07. The van der Waals surface area contributed by atoms with Crippen molar-refractivity contribution in [3.63, 3.8) is 0 Å². The van der Waals surface area contributed by atoms with Gasteiger partial charge in [-0.05, 0) is 28.2 Å². The molecule has 2 nitrogen and oxygen atoms in total. The minimum atomic E-state index is -2.63. The zero-order valence-electron chi connectivity index (χ0n) is 6.40. The number of anilines is 1. The summed E-state index contributed by atoms with van der Waals surface area (Å²) < 4.78 is 25.6. The summed E-state index contributed by atoms with van der Waals surface area (Å²) in [5.74, 6) is -0.129. The van der Waals surface area contributed by atoms with E-state index in [0.29, 0.717) is 9.13 Å². The van der Waals surface area contributed by atoms with Crippen LogP contribution in [0.15, 0.2) is 6.20 Å². The van der Waals surface area contributed by atoms with E-state index in [0.717, 1.165) is 0 Å². The van der Waals surface area contributed by atoms with E-state index in [9.17, 15) is 8.78 Å². The molecular formula is C7H6ClF2IN2. The van der Waals surface area contributed by atoms with E-state index < -0.39 is 6.43 Å². The molecule has 0 aliphatic heterocycles. The highest BCUT2D eigenvalue weighted by molar-refractivity contribution is 14.1. The molecular weight excluding hydrogens is 312 g/mol. The van der Waals surface area contributed by atoms with Gasteiger partial charge in [0.2, 0.25) is 0 Å². The first kappa shape index (κ1) is 10.9. The predicted molar refractivity (Wildman–Crippen MR) is 55.9 cm³/mol. The van der Waals surface area contributed by atoms with Crippen LogP contribution in [0.4, 0.5) is 14.6 Å². The van der Waals surface area contributed by atoms with Gasteiger partial charge >= 0.3 is 0 Å². The molecule has 1 aromatic rings. The Kier molecular flexibility index (Phi) is 3.66. The van der Waals surface area contributed by atoms with Crippen LogP contribution >= 0.6 is 34.2 Å². The first-order valence-electron chi connectivity index (χ1n) is 3.34. The van der Waals surface area contributed by atoms with Gasteiger partial charge in [0.1, 0.15) is 5.82 Å². The van der Waals surface area contributed by atoms with E-state index in [1.54, 1.807) is 0 Å². The largest absolute Gasteiger partial charge is 0.383 e. The van der Waals surface area contributed by atoms with E-state index in [-0.39, 0.29) is 17.3 Å². The van der Waals surface area contributed by atoms with Gasteiger partial charge in [0.05, 0.1) is 5.56 Å². The highest BCUT2D eigenvalue weighted by Gasteiger charge is 2.19. The number of nitrogens with two attached hydrogens (primary N) is 1. The van der Waals surface area contributed by atoms with Crippen LogP contribution in [0.25, 0.3) is 0 Å². The van der Waals surface area contributed by atoms with Gasteiger partial charge < -0.3 is 5.73 Å². The Balaban J connectivity index is 3.35. The van der Waals surface area contributed by atoms with Crippen molar-refractivity contribution in [3.8, 4) is 0 Å². The maximum atomic E-state index is 12.5. The third-order valence-corrected chi connectivity index (χ3v) is 2.76. The van der Waals surface area contributed by atoms with Gasteiger partial charge in [-0.15, -0.1) is 11.6 Å². The summed E-state index contributed by atoms with van der Waals surface area (Å²) in [7, 11) is 0. The smallest absolute Gasteiger partial charge is 0.267 e. The quantitative estimate of drug-likeness (QED) is 0.672. The molecule has 0 aliphatic carbocycles. The highest BCUT2D eigenvalue weighted by Crippen LogP contribution is 2.30. The average molecular weight is 318 g/mol. The maximum Gasteiger partial charge on any atom is 0.267 e. The maximum absolute atomic E-state index is 12.5. The molecule has 13 heavy (non-hydrogen) atoms. The van der Waals surface area contributed by atoms with E-state index in [4.69, 9.17) is 17.3 Å². The highest BCUT2D eigenvalue weighted by atomic mass is 127. The molecule has 0 radical (unpaired) electrons. The van der Waals surface area contributed by atoms with Crippen molar-refractivity contribution in [2.75, 3.05) is 5.73 Å². The molecule has 0 amide bonds. The van der Waals surface area contributed by atoms with Gasteiger partial charge in [-0.2, -0.15) is 0 Å². The Morgan fingerprint density at radius 1 is 1.62 bits per heavy atom. The molecule has 0 aromatic carbocycles. The van der Waals surface area contributed by atoms with Crippen LogP contribution in [0, 0.1) is 3.57 Å². The molecule has 0 aliphatic rings. The van der Waals surface area contributed by atoms with Crippen LogP contribution in [0.1, 0.15) is 17.6 Å². The van der Waals surface area contributed by atoms with Gasteiger partial charge in [-0.25, -0.2) is 13.8 Å². The fourth-order valence-electron chi connectivity index (χ4n) is 0.936. The Bertz CT molecular complexity index is 320. The number of nitrogen functional groups attached to an aromatic ring is 1. The molecule has 0 bridgehead atoms. The van der Waals surface area contributed by atoms with Crippen molar-refractivity contribution in [1.29, 1.82) is 0 Å². The summed E-state index contributed by atoms with van der Waals surface area (Å²) in [6.07, 6.45) is -1.20. The van der Waals surface area contributed by atoms with Gasteiger partial charge in [0.15, 0.2) is 0 Å². The Morgan fingerprint density at radius 3 is 2.62 bits per heavy atom. The first-order valence-corrected chi connectivity index (χ1v) is 4.96. The third kappa shape index (κ3) is 2.19. The summed E-state index contributed by atoms with van der Waals surface area (Å²) in [5, 5.41) is 0. The van der Waals surface area contributed by atoms with Crippen LogP contribution in [0.2, 0.25) is 0 Å². The molecule has 2 N–H and O–H groups in total. The van der Waals surface area contributed by atoms with Gasteiger partial charge in [-0.1, -0.05) is 0 Å². The van der Waals surface area contributed by atoms with Gasteiger partial charge in [-0.3, -0.25) is 0 Å². The van der Waals surface area contributed by atoms with Crippen LogP contribution < -0.4 is 5.73 Å². The lowest BCUT2D eigenvalue weighted by molar-refractivity contribution is 0.151. The van der Waals surface area contributed by atoms with Crippen molar-refractivity contribution < 1.29 is 8.78 Å². The Morgan fingerprint density at radius 2 is 2.23 bits per heavy atom. The van der Waals surface area contributed by atoms with E-state index in [1.165, 1.54) is 6.20 Å². The minimum absolute atomic E-state index is 0.0185. The number of alkyl halides is 3. The van der Waals surface area contributed by atoms with Gasteiger partial charge in [0, 0.05) is 15.6 Å². The monoisotopic (exact) mass is 318 g/mol. The number of halogens is 4. The van der Waals surface area contributed by atoms with Crippen LogP contribution in [0.5, 0.6) is 0 Å². The van der Waals surface area contributed by atoms with Crippen molar-refractivity contribution in [3.05, 3.63) is 20.9 Å². The molecule has 0 fully saturated rings. The molecule has 0 spiro atoms. The normalized spacial score (nSPS) is 10.8. The van der Waals surface area contributed by atoms with Crippen LogP contribution in [-0.2, 0) is 5.88 Å². The van der Waals surface area contributed by atoms with Crippen molar-refractivity contribution in [2.24, 2.45) is 0 Å². The number of hydrogen-bond acceptors (Lipinski definition) is 2. The average Bonchev–Trinajstić information content (AvgIpc) is 2.07. The van der Waals surface area contributed by atoms with Crippen LogP contribution in [-0.4, -0.2) is 4.98 Å². The number of hydrogen-bond donors (Lipinski definition) is 1. The summed E-state index contributed by atoms with van der Waals surface area (Å²) in [5.41, 5.74) is 5.43. The lowest BCUT2D eigenvalue weighted by atomic mass is 10.1. The second-order valence-corrected chi connectivity index (χ2v) is 3.75. The number of aromatic nitrogens is 1. The zero-order chi connectivity index (χ0) is 10.0. The van der Waals surface area contributed by atoms with Crippen LogP contribution in [0.3, 0.4) is 0 Å². The van der Waals surface area contributed by atoms with Crippen molar-refractivity contribution in [2.45, 2.75) is 12.3 Å². The third-order valence-electron chi connectivity index (χ3n) is 1.56. The lowest BCUT2D eigenvalue weighted by Gasteiger charge is -2.09. The number of rotatable bonds is 2. The number of nitrogens with zero attached hydrogens (tertiary/aromatic N) is 1. The molecule has 72 valence electrons. The Hall–Kier alpha value is -0.170. The molecule has 1 heterocycles. The topological polar surface area (TPSA) is 38.9 Å². The van der Waals surface area contributed by atoms with E-state index >= 15 is 0 Å². The summed E-state index contributed by atoms with van der Waals surface area (Å²) in [6.45, 7) is 0. The second-order valence-electron chi connectivity index (χ2n) is 2.32. The molecule has 0 atom stereocenters. The summed E-state index contributed by atoms with van der Waals surface area (Å²) in [6, 6.07) is 0. The lowest BCUT2D eigenvalue weighted by Crippen LogP contribution is -2.04. The molecule has 0 saturated carbocycles.